The molecule has 4 heterocycles. The van der Waals surface area contributed by atoms with Crippen LogP contribution in [-0.4, -0.2) is 31.5 Å². The van der Waals surface area contributed by atoms with Crippen LogP contribution in [0.2, 0.25) is 0 Å². The van der Waals surface area contributed by atoms with Gasteiger partial charge in [-0.15, -0.1) is 23.1 Å². The molecule has 0 N–H and O–H groups in total. The van der Waals surface area contributed by atoms with Gasteiger partial charge in [0.2, 0.25) is 6.54 Å². The highest BCUT2D eigenvalue weighted by Gasteiger charge is 2.40. The van der Waals surface area contributed by atoms with Crippen LogP contribution in [0.4, 0.5) is 4.39 Å². The van der Waals surface area contributed by atoms with Gasteiger partial charge in [0.1, 0.15) is 22.7 Å². The zero-order chi connectivity index (χ0) is 34.6. The van der Waals surface area contributed by atoms with E-state index in [1.807, 2.05) is 30.5 Å². The zero-order valence-electron chi connectivity index (χ0n) is 27.6. The lowest BCUT2D eigenvalue weighted by atomic mass is 9.77. The summed E-state index contributed by atoms with van der Waals surface area (Å²) >= 11 is 3.53. The van der Waals surface area contributed by atoms with Crippen molar-refractivity contribution in [3.8, 4) is 33.0 Å². The second-order valence-corrected chi connectivity index (χ2v) is 14.6. The van der Waals surface area contributed by atoms with E-state index in [1.54, 1.807) is 35.2 Å². The monoisotopic (exact) mass is 701 g/mol. The number of halogens is 1. The predicted octanol–water partition coefficient (Wildman–Crippen LogP) is 11.0. The molecule has 248 valence electrons. The van der Waals surface area contributed by atoms with Crippen LogP contribution in [0, 0.1) is 12.4 Å². The Hall–Kier alpha value is -5.75. The number of benzene rings is 4. The molecular weight excluding hydrogens is 670 g/mol. The molecule has 0 bridgehead atoms. The van der Waals surface area contributed by atoms with Crippen molar-refractivity contribution in [1.29, 1.82) is 0 Å². The Labute approximate surface area is 304 Å². The van der Waals surface area contributed by atoms with Crippen molar-refractivity contribution in [3.63, 3.8) is 0 Å². The van der Waals surface area contributed by atoms with Gasteiger partial charge >= 0.3 is 0 Å². The molecule has 0 aliphatic heterocycles. The number of rotatable bonds is 11. The summed E-state index contributed by atoms with van der Waals surface area (Å²) in [6, 6.07) is 46.4. The van der Waals surface area contributed by atoms with Gasteiger partial charge in [-0.25, -0.2) is 15.9 Å². The first-order chi connectivity index (χ1) is 25.1. The molecule has 0 radical (unpaired) electrons. The van der Waals surface area contributed by atoms with Crippen LogP contribution in [0.5, 0.6) is 0 Å². The van der Waals surface area contributed by atoms with Gasteiger partial charge in [-0.05, 0) is 65.2 Å². The quantitative estimate of drug-likeness (QED) is 0.0583. The molecule has 4 aromatic heterocycles. The van der Waals surface area contributed by atoms with Crippen molar-refractivity contribution in [2.45, 2.75) is 16.2 Å². The summed E-state index contributed by atoms with van der Waals surface area (Å²) in [5, 5.41) is 5.43. The van der Waals surface area contributed by atoms with Gasteiger partial charge in [0, 0.05) is 41.3 Å². The maximum absolute atomic E-state index is 14.3. The number of thiophene rings is 1. The number of imidazole rings is 1. The van der Waals surface area contributed by atoms with Crippen LogP contribution < -0.4 is 0 Å². The third-order valence-corrected chi connectivity index (χ3v) is 11.5. The van der Waals surface area contributed by atoms with Gasteiger partial charge in [-0.3, -0.25) is 9.08 Å². The van der Waals surface area contributed by atoms with E-state index in [0.29, 0.717) is 6.54 Å². The fraction of sp³-hybridized carbons (Fsp3) is 0.0930. The Morgan fingerprint density at radius 2 is 1.35 bits per heavy atom. The van der Waals surface area contributed by atoms with Crippen LogP contribution >= 0.6 is 23.1 Å². The standard InChI is InChI=1S/C43H32FN5S2/c1-45-26-11-27-50-41-25-23-39(51-41)38-28-46-40-24-20-32(29-48(38)40)37-30-49(47-42(37)31-18-21-36(44)22-19-31)43(33-12-5-2-6-13-33,34-14-7-3-8-15-34)35-16-9-4-10-17-35/h2-10,12-25,28-30H,11,26-27H2. The number of pyridine rings is 1. The summed E-state index contributed by atoms with van der Waals surface area (Å²) in [5.41, 5.74) is 7.66. The summed E-state index contributed by atoms with van der Waals surface area (Å²) in [7, 11) is 0. The number of aromatic nitrogens is 4. The predicted molar refractivity (Wildman–Crippen MR) is 207 cm³/mol. The molecule has 0 atom stereocenters. The van der Waals surface area contributed by atoms with E-state index in [-0.39, 0.29) is 5.82 Å². The summed E-state index contributed by atoms with van der Waals surface area (Å²) in [4.78, 5) is 9.35. The van der Waals surface area contributed by atoms with Gasteiger partial charge in [0.05, 0.1) is 21.0 Å². The average Bonchev–Trinajstić information content (AvgIpc) is 3.94. The maximum Gasteiger partial charge on any atom is 0.215 e. The minimum absolute atomic E-state index is 0.295. The van der Waals surface area contributed by atoms with Gasteiger partial charge in [0.25, 0.3) is 0 Å². The van der Waals surface area contributed by atoms with Gasteiger partial charge < -0.3 is 4.85 Å². The third-order valence-electron chi connectivity index (χ3n) is 9.06. The average molecular weight is 702 g/mol. The van der Waals surface area contributed by atoms with E-state index in [2.05, 4.69) is 117 Å². The van der Waals surface area contributed by atoms with Crippen LogP contribution in [0.25, 0.3) is 43.4 Å². The van der Waals surface area contributed by atoms with Gasteiger partial charge in [-0.1, -0.05) is 91.0 Å². The highest BCUT2D eigenvalue weighted by Crippen LogP contribution is 2.43. The van der Waals surface area contributed by atoms with Crippen molar-refractivity contribution in [1.82, 2.24) is 19.2 Å². The molecule has 0 aliphatic rings. The molecule has 5 nitrogen and oxygen atoms in total. The molecule has 8 heteroatoms. The molecule has 0 amide bonds. The van der Waals surface area contributed by atoms with E-state index in [1.165, 1.54) is 16.3 Å². The van der Waals surface area contributed by atoms with E-state index in [4.69, 9.17) is 16.7 Å². The Bertz CT molecular complexity index is 2350. The molecule has 51 heavy (non-hydrogen) atoms. The van der Waals surface area contributed by atoms with E-state index >= 15 is 0 Å². The van der Waals surface area contributed by atoms with Crippen molar-refractivity contribution >= 4 is 28.7 Å². The fourth-order valence-electron chi connectivity index (χ4n) is 6.69. The molecule has 0 unspecified atom stereocenters. The molecule has 0 saturated carbocycles. The highest BCUT2D eigenvalue weighted by molar-refractivity contribution is 8.01. The largest absolute Gasteiger partial charge is 0.317 e. The second-order valence-electron chi connectivity index (χ2n) is 12.1. The third kappa shape index (κ3) is 6.16. The molecule has 0 fully saturated rings. The van der Waals surface area contributed by atoms with Crippen LogP contribution in [0.15, 0.2) is 162 Å². The normalized spacial score (nSPS) is 11.5. The molecule has 0 spiro atoms. The van der Waals surface area contributed by atoms with Gasteiger partial charge in [0.15, 0.2) is 0 Å². The van der Waals surface area contributed by atoms with Gasteiger partial charge in [-0.2, -0.15) is 5.10 Å². The molecule has 0 aliphatic carbocycles. The van der Waals surface area contributed by atoms with Crippen molar-refractivity contribution in [2.75, 3.05) is 12.3 Å². The minimum atomic E-state index is -0.819. The molecular formula is C43H32FN5S2. The number of nitrogens with zero attached hydrogens (tertiary/aromatic N) is 5. The minimum Gasteiger partial charge on any atom is -0.317 e. The van der Waals surface area contributed by atoms with Crippen LogP contribution in [0.3, 0.4) is 0 Å². The number of hydrogen-bond donors (Lipinski definition) is 0. The maximum atomic E-state index is 14.3. The lowest BCUT2D eigenvalue weighted by molar-refractivity contribution is 0.461. The first kappa shape index (κ1) is 32.5. The molecule has 8 rings (SSSR count). The summed E-state index contributed by atoms with van der Waals surface area (Å²) < 4.78 is 19.7. The number of thioether (sulfide) groups is 1. The van der Waals surface area contributed by atoms with Crippen molar-refractivity contribution in [2.24, 2.45) is 0 Å². The number of hydrogen-bond acceptors (Lipinski definition) is 4. The topological polar surface area (TPSA) is 39.5 Å². The summed E-state index contributed by atoms with van der Waals surface area (Å²) in [6.07, 6.45) is 7.06. The summed E-state index contributed by atoms with van der Waals surface area (Å²) in [6.45, 7) is 7.61. The second kappa shape index (κ2) is 14.2. The van der Waals surface area contributed by atoms with E-state index in [0.717, 1.165) is 67.5 Å². The first-order valence-corrected chi connectivity index (χ1v) is 18.5. The Morgan fingerprint density at radius 1 is 0.725 bits per heavy atom. The summed E-state index contributed by atoms with van der Waals surface area (Å²) in [5.74, 6) is 0.628. The lowest BCUT2D eigenvalue weighted by Crippen LogP contribution is -2.38. The molecule has 4 aromatic carbocycles. The molecule has 0 saturated heterocycles. The zero-order valence-corrected chi connectivity index (χ0v) is 29.2. The number of fused-ring (bicyclic) bond motifs is 1. The first-order valence-electron chi connectivity index (χ1n) is 16.7. The Balaban J connectivity index is 1.33. The Kier molecular flexibility index (Phi) is 9.06. The van der Waals surface area contributed by atoms with E-state index < -0.39 is 5.54 Å². The van der Waals surface area contributed by atoms with E-state index in [9.17, 15) is 4.39 Å². The lowest BCUT2D eigenvalue weighted by Gasteiger charge is -2.36. The van der Waals surface area contributed by atoms with Crippen LogP contribution in [-0.2, 0) is 5.54 Å². The van der Waals surface area contributed by atoms with Crippen molar-refractivity contribution in [3.05, 3.63) is 192 Å². The fourth-order valence-corrected chi connectivity index (χ4v) is 8.83. The highest BCUT2D eigenvalue weighted by atomic mass is 32.2. The Morgan fingerprint density at radius 3 is 1.98 bits per heavy atom. The SMILES string of the molecule is [C-]#[N+]CCCSc1ccc(-c2cnc3ccc(-c4cn(C(c5ccccc5)(c5ccccc5)c5ccccc5)nc4-c4ccc(F)cc4)cn23)s1. The smallest absolute Gasteiger partial charge is 0.215 e. The molecule has 8 aromatic rings. The van der Waals surface area contributed by atoms with Crippen molar-refractivity contribution < 1.29 is 4.39 Å². The van der Waals surface area contributed by atoms with Crippen LogP contribution in [0.1, 0.15) is 23.1 Å².